The van der Waals surface area contributed by atoms with E-state index in [-0.39, 0.29) is 11.5 Å². The number of amides is 1. The Morgan fingerprint density at radius 3 is 2.75 bits per heavy atom. The summed E-state index contributed by atoms with van der Waals surface area (Å²) in [5, 5.41) is 3.42. The number of nitrogens with zero attached hydrogens (tertiary/aromatic N) is 4. The zero-order valence-corrected chi connectivity index (χ0v) is 16.7. The normalized spacial score (nSPS) is 21.6. The Hall–Kier alpha value is -2.03. The monoisotopic (exact) mass is 399 g/mol. The van der Waals surface area contributed by atoms with Crippen molar-refractivity contribution in [2.24, 2.45) is 0 Å². The number of aromatic nitrogens is 2. The van der Waals surface area contributed by atoms with E-state index >= 15 is 0 Å². The molecule has 3 aliphatic rings. The summed E-state index contributed by atoms with van der Waals surface area (Å²) >= 11 is 1.66. The zero-order valence-electron chi connectivity index (χ0n) is 15.9. The SMILES string of the molecule is O=C(c1cc2c(s1)C1(CCNCC1)OCC2)N1CCN(c2cnccn2)CC1. The number of hydrogen-bond donors (Lipinski definition) is 1. The molecule has 0 bridgehead atoms. The Labute approximate surface area is 168 Å². The standard InChI is InChI=1S/C20H25N5O2S/c26-19(25-10-8-24(9-11-25)17-14-22-6-7-23-17)16-13-15-1-12-27-20(18(15)28-16)2-4-21-5-3-20/h6-7,13-14,21H,1-5,8-12H2. The molecule has 0 unspecified atom stereocenters. The summed E-state index contributed by atoms with van der Waals surface area (Å²) in [4.78, 5) is 28.0. The molecule has 148 valence electrons. The Morgan fingerprint density at radius 1 is 1.18 bits per heavy atom. The molecule has 2 saturated heterocycles. The molecule has 0 atom stereocenters. The van der Waals surface area contributed by atoms with Crippen LogP contribution in [0.5, 0.6) is 0 Å². The molecule has 1 N–H and O–H groups in total. The lowest BCUT2D eigenvalue weighted by molar-refractivity contribution is -0.0771. The fourth-order valence-corrected chi connectivity index (χ4v) is 5.86. The number of ether oxygens (including phenoxy) is 1. The fraction of sp³-hybridized carbons (Fsp3) is 0.550. The summed E-state index contributed by atoms with van der Waals surface area (Å²) in [5.74, 6) is 1.04. The van der Waals surface area contributed by atoms with E-state index < -0.39 is 0 Å². The van der Waals surface area contributed by atoms with Gasteiger partial charge in [-0.2, -0.15) is 0 Å². The van der Waals surface area contributed by atoms with Crippen LogP contribution in [-0.2, 0) is 16.8 Å². The van der Waals surface area contributed by atoms with Crippen molar-refractivity contribution in [3.8, 4) is 0 Å². The quantitative estimate of drug-likeness (QED) is 0.828. The molecule has 5 rings (SSSR count). The molecule has 0 radical (unpaired) electrons. The molecule has 0 aliphatic carbocycles. The summed E-state index contributed by atoms with van der Waals surface area (Å²) in [7, 11) is 0. The third-order valence-electron chi connectivity index (χ3n) is 6.04. The van der Waals surface area contributed by atoms with Gasteiger partial charge in [0.1, 0.15) is 11.4 Å². The Morgan fingerprint density at radius 2 is 2.00 bits per heavy atom. The second-order valence-electron chi connectivity index (χ2n) is 7.65. The van der Waals surface area contributed by atoms with E-state index in [4.69, 9.17) is 4.74 Å². The van der Waals surface area contributed by atoms with Gasteiger partial charge >= 0.3 is 0 Å². The first kappa shape index (κ1) is 18.0. The van der Waals surface area contributed by atoms with Crippen LogP contribution in [0.2, 0.25) is 0 Å². The fourth-order valence-electron chi connectivity index (χ4n) is 4.48. The number of hydrogen-bond acceptors (Lipinski definition) is 7. The van der Waals surface area contributed by atoms with Gasteiger partial charge in [0.25, 0.3) is 5.91 Å². The van der Waals surface area contributed by atoms with Crippen molar-refractivity contribution in [1.29, 1.82) is 0 Å². The predicted octanol–water partition coefficient (Wildman–Crippen LogP) is 1.65. The molecule has 0 saturated carbocycles. The number of fused-ring (bicyclic) bond motifs is 2. The molecule has 5 heterocycles. The molecule has 8 heteroatoms. The highest BCUT2D eigenvalue weighted by Gasteiger charge is 2.41. The number of rotatable bonds is 2. The summed E-state index contributed by atoms with van der Waals surface area (Å²) in [5.41, 5.74) is 1.15. The van der Waals surface area contributed by atoms with Crippen LogP contribution in [0.3, 0.4) is 0 Å². The molecular formula is C20H25N5O2S. The van der Waals surface area contributed by atoms with Gasteiger partial charge < -0.3 is 19.9 Å². The van der Waals surface area contributed by atoms with Gasteiger partial charge in [-0.25, -0.2) is 4.98 Å². The van der Waals surface area contributed by atoms with Crippen molar-refractivity contribution in [2.75, 3.05) is 50.8 Å². The number of carbonyl (C=O) groups is 1. The van der Waals surface area contributed by atoms with Gasteiger partial charge in [-0.1, -0.05) is 0 Å². The van der Waals surface area contributed by atoms with Crippen molar-refractivity contribution in [1.82, 2.24) is 20.2 Å². The lowest BCUT2D eigenvalue weighted by Gasteiger charge is -2.40. The van der Waals surface area contributed by atoms with Crippen LogP contribution in [0.1, 0.15) is 33.0 Å². The number of piperidine rings is 1. The van der Waals surface area contributed by atoms with Crippen molar-refractivity contribution in [3.63, 3.8) is 0 Å². The Bertz CT molecular complexity index is 842. The number of thiophene rings is 1. The molecule has 3 aliphatic heterocycles. The average Bonchev–Trinajstić information content (AvgIpc) is 3.21. The molecule has 2 aromatic heterocycles. The predicted molar refractivity (Wildman–Crippen MR) is 108 cm³/mol. The Balaban J connectivity index is 1.30. The van der Waals surface area contributed by atoms with Gasteiger partial charge in [0.15, 0.2) is 0 Å². The number of anilines is 1. The molecule has 28 heavy (non-hydrogen) atoms. The maximum atomic E-state index is 13.2. The highest BCUT2D eigenvalue weighted by Crippen LogP contribution is 2.44. The van der Waals surface area contributed by atoms with Crippen LogP contribution in [0, 0.1) is 0 Å². The van der Waals surface area contributed by atoms with E-state index in [1.54, 1.807) is 29.9 Å². The first-order valence-corrected chi connectivity index (χ1v) is 10.8. The van der Waals surface area contributed by atoms with E-state index in [9.17, 15) is 4.79 Å². The highest BCUT2D eigenvalue weighted by molar-refractivity contribution is 7.14. The maximum Gasteiger partial charge on any atom is 0.264 e. The molecule has 1 amide bonds. The lowest BCUT2D eigenvalue weighted by Crippen LogP contribution is -2.48. The van der Waals surface area contributed by atoms with Gasteiger partial charge in [-0.05, 0) is 44.0 Å². The first-order valence-electron chi connectivity index (χ1n) is 10.0. The number of nitrogens with one attached hydrogen (secondary N) is 1. The minimum Gasteiger partial charge on any atom is -0.369 e. The zero-order chi connectivity index (χ0) is 19.0. The summed E-state index contributed by atoms with van der Waals surface area (Å²) in [6.07, 6.45) is 8.07. The third kappa shape index (κ3) is 3.19. The van der Waals surface area contributed by atoms with Gasteiger partial charge in [0.05, 0.1) is 17.7 Å². The average molecular weight is 400 g/mol. The lowest BCUT2D eigenvalue weighted by atomic mass is 9.86. The highest BCUT2D eigenvalue weighted by atomic mass is 32.1. The van der Waals surface area contributed by atoms with Gasteiger partial charge in [0, 0.05) is 43.4 Å². The third-order valence-corrected chi connectivity index (χ3v) is 7.39. The second kappa shape index (κ2) is 7.42. The van der Waals surface area contributed by atoms with Gasteiger partial charge in [-0.3, -0.25) is 9.78 Å². The molecule has 1 spiro atoms. The molecule has 2 fully saturated rings. The van der Waals surface area contributed by atoms with Crippen molar-refractivity contribution < 1.29 is 9.53 Å². The van der Waals surface area contributed by atoms with E-state index in [2.05, 4.69) is 26.3 Å². The smallest absolute Gasteiger partial charge is 0.264 e. The summed E-state index contributed by atoms with van der Waals surface area (Å²) in [6, 6.07) is 2.13. The van der Waals surface area contributed by atoms with Gasteiger partial charge in [-0.15, -0.1) is 11.3 Å². The van der Waals surface area contributed by atoms with Crippen LogP contribution in [0.4, 0.5) is 5.82 Å². The summed E-state index contributed by atoms with van der Waals surface area (Å²) < 4.78 is 6.26. The van der Waals surface area contributed by atoms with Crippen molar-refractivity contribution in [2.45, 2.75) is 24.9 Å². The van der Waals surface area contributed by atoms with E-state index in [1.165, 1.54) is 10.4 Å². The topological polar surface area (TPSA) is 70.6 Å². The minimum absolute atomic E-state index is 0.155. The van der Waals surface area contributed by atoms with Gasteiger partial charge in [0.2, 0.25) is 0 Å². The van der Waals surface area contributed by atoms with Crippen LogP contribution in [-0.4, -0.2) is 66.7 Å². The van der Waals surface area contributed by atoms with Crippen LogP contribution < -0.4 is 10.2 Å². The molecule has 0 aromatic carbocycles. The maximum absolute atomic E-state index is 13.2. The van der Waals surface area contributed by atoms with E-state index in [1.807, 2.05) is 4.90 Å². The largest absolute Gasteiger partial charge is 0.369 e. The number of carbonyl (C=O) groups excluding carboxylic acids is 1. The van der Waals surface area contributed by atoms with E-state index in [0.29, 0.717) is 13.1 Å². The minimum atomic E-state index is -0.174. The molecule has 7 nitrogen and oxygen atoms in total. The summed E-state index contributed by atoms with van der Waals surface area (Å²) in [6.45, 7) is 5.71. The number of piperazine rings is 1. The van der Waals surface area contributed by atoms with E-state index in [0.717, 1.165) is 62.7 Å². The van der Waals surface area contributed by atoms with Crippen LogP contribution >= 0.6 is 11.3 Å². The Kier molecular flexibility index (Phi) is 4.78. The first-order chi connectivity index (χ1) is 13.8. The van der Waals surface area contributed by atoms with Crippen molar-refractivity contribution >= 4 is 23.1 Å². The van der Waals surface area contributed by atoms with Crippen LogP contribution in [0.25, 0.3) is 0 Å². The molecule has 2 aromatic rings. The second-order valence-corrected chi connectivity index (χ2v) is 8.70. The molecular weight excluding hydrogens is 374 g/mol. The van der Waals surface area contributed by atoms with Crippen molar-refractivity contribution in [3.05, 3.63) is 40.0 Å². The van der Waals surface area contributed by atoms with Crippen LogP contribution in [0.15, 0.2) is 24.7 Å².